The summed E-state index contributed by atoms with van der Waals surface area (Å²) in [6.45, 7) is 7.82. The highest BCUT2D eigenvalue weighted by atomic mass is 19.1. The molecule has 3 rings (SSSR count). The van der Waals surface area contributed by atoms with E-state index in [4.69, 9.17) is 5.73 Å². The number of rotatable bonds is 5. The standard InChI is InChI=1S/C14H17FN6O.C2H6/c1-17-7-9(14(16)5-2-6-14)18-13(22)11-8-3-4-10(15)19-12(8)21-20-11;1-2/h3-4,9H,1-2,5-7,16H2,(H,18,22)(H,19,20,21);1-2H3/t9-;/m1./s1. The summed E-state index contributed by atoms with van der Waals surface area (Å²) in [6.07, 6.45) is 2.71. The molecule has 1 aliphatic carbocycles. The molecule has 0 aromatic carbocycles. The molecule has 24 heavy (non-hydrogen) atoms. The number of aromatic amines is 1. The van der Waals surface area contributed by atoms with Crippen molar-refractivity contribution >= 4 is 23.7 Å². The van der Waals surface area contributed by atoms with Gasteiger partial charge in [-0.25, -0.2) is 0 Å². The second kappa shape index (κ2) is 7.48. The Morgan fingerprint density at radius 3 is 2.83 bits per heavy atom. The van der Waals surface area contributed by atoms with Gasteiger partial charge >= 0.3 is 0 Å². The van der Waals surface area contributed by atoms with Gasteiger partial charge in [-0.05, 0) is 38.1 Å². The number of nitrogens with zero attached hydrogens (tertiary/aromatic N) is 3. The summed E-state index contributed by atoms with van der Waals surface area (Å²) in [7, 11) is 0. The first kappa shape index (κ1) is 18.0. The van der Waals surface area contributed by atoms with E-state index in [1.807, 2.05) is 13.8 Å². The number of hydrogen-bond donors (Lipinski definition) is 3. The van der Waals surface area contributed by atoms with Gasteiger partial charge < -0.3 is 11.1 Å². The second-order valence-electron chi connectivity index (χ2n) is 5.62. The molecule has 0 bridgehead atoms. The molecule has 2 aromatic rings. The Hall–Kier alpha value is -2.35. The lowest BCUT2D eigenvalue weighted by atomic mass is 9.72. The van der Waals surface area contributed by atoms with E-state index in [0.29, 0.717) is 11.9 Å². The number of carbonyl (C=O) groups excluding carboxylic acids is 1. The number of hydrogen-bond acceptors (Lipinski definition) is 5. The maximum Gasteiger partial charge on any atom is 0.270 e. The molecule has 1 saturated carbocycles. The van der Waals surface area contributed by atoms with Crippen LogP contribution in [0.4, 0.5) is 4.39 Å². The van der Waals surface area contributed by atoms with Crippen molar-refractivity contribution in [3.05, 3.63) is 23.8 Å². The predicted octanol–water partition coefficient (Wildman–Crippen LogP) is 1.80. The van der Waals surface area contributed by atoms with Gasteiger partial charge in [-0.15, -0.1) is 0 Å². The van der Waals surface area contributed by atoms with E-state index >= 15 is 0 Å². The lowest BCUT2D eigenvalue weighted by molar-refractivity contribution is 0.0877. The molecule has 1 fully saturated rings. The van der Waals surface area contributed by atoms with E-state index in [0.717, 1.165) is 19.3 Å². The highest BCUT2D eigenvalue weighted by Gasteiger charge is 2.41. The average Bonchev–Trinajstić information content (AvgIpc) is 2.97. The molecule has 0 aliphatic heterocycles. The monoisotopic (exact) mass is 334 g/mol. The largest absolute Gasteiger partial charge is 0.344 e. The summed E-state index contributed by atoms with van der Waals surface area (Å²) in [6, 6.07) is 2.37. The van der Waals surface area contributed by atoms with Gasteiger partial charge in [0.15, 0.2) is 5.65 Å². The maximum atomic E-state index is 13.1. The normalized spacial score (nSPS) is 16.5. The Bertz CT molecular complexity index is 724. The molecule has 2 aromatic heterocycles. The Balaban J connectivity index is 0.00000100. The number of fused-ring (bicyclic) bond motifs is 1. The SMILES string of the molecule is C=NC[C@@H](NC(=O)c1[nH]nc2nc(F)ccc12)C1(N)CCC1.CC. The van der Waals surface area contributed by atoms with Crippen LogP contribution in [0.3, 0.4) is 0 Å². The zero-order valence-electron chi connectivity index (χ0n) is 14.0. The van der Waals surface area contributed by atoms with E-state index in [-0.39, 0.29) is 23.3 Å². The third kappa shape index (κ3) is 3.43. The molecule has 0 radical (unpaired) electrons. The molecule has 8 heteroatoms. The van der Waals surface area contributed by atoms with Crippen LogP contribution >= 0.6 is 0 Å². The van der Waals surface area contributed by atoms with Crippen molar-refractivity contribution in [2.24, 2.45) is 10.7 Å². The fourth-order valence-electron chi connectivity index (χ4n) is 2.71. The number of H-pyrrole nitrogens is 1. The van der Waals surface area contributed by atoms with Crippen LogP contribution in [-0.2, 0) is 0 Å². The summed E-state index contributed by atoms with van der Waals surface area (Å²) in [4.78, 5) is 19.9. The van der Waals surface area contributed by atoms with Crippen LogP contribution in [0.5, 0.6) is 0 Å². The fourth-order valence-corrected chi connectivity index (χ4v) is 2.71. The first-order chi connectivity index (χ1) is 11.5. The quantitative estimate of drug-likeness (QED) is 0.572. The number of carbonyl (C=O) groups is 1. The number of aliphatic imine (C=N–C) groups is 1. The van der Waals surface area contributed by atoms with Gasteiger partial charge in [0.2, 0.25) is 5.95 Å². The Kier molecular flexibility index (Phi) is 5.61. The lowest BCUT2D eigenvalue weighted by Gasteiger charge is -2.44. The number of amides is 1. The molecule has 130 valence electrons. The zero-order chi connectivity index (χ0) is 17.7. The highest BCUT2D eigenvalue weighted by molar-refractivity contribution is 6.03. The minimum Gasteiger partial charge on any atom is -0.344 e. The lowest BCUT2D eigenvalue weighted by Crippen LogP contribution is -2.63. The molecule has 1 aliphatic rings. The molecular weight excluding hydrogens is 311 g/mol. The topological polar surface area (TPSA) is 109 Å². The summed E-state index contributed by atoms with van der Waals surface area (Å²) in [5.74, 6) is -1.00. The molecule has 0 spiro atoms. The molecule has 1 amide bonds. The van der Waals surface area contributed by atoms with Crippen LogP contribution in [0, 0.1) is 5.95 Å². The summed E-state index contributed by atoms with van der Waals surface area (Å²) >= 11 is 0. The first-order valence-electron chi connectivity index (χ1n) is 8.06. The predicted molar refractivity (Wildman–Crippen MR) is 91.6 cm³/mol. The van der Waals surface area contributed by atoms with Crippen molar-refractivity contribution in [2.45, 2.75) is 44.7 Å². The molecule has 0 unspecified atom stereocenters. The molecular formula is C16H23FN6O. The molecule has 4 N–H and O–H groups in total. The van der Waals surface area contributed by atoms with E-state index in [1.165, 1.54) is 12.1 Å². The third-order valence-corrected chi connectivity index (χ3v) is 4.21. The number of pyridine rings is 1. The average molecular weight is 334 g/mol. The first-order valence-corrected chi connectivity index (χ1v) is 8.06. The van der Waals surface area contributed by atoms with Gasteiger partial charge in [-0.1, -0.05) is 13.8 Å². The van der Waals surface area contributed by atoms with Gasteiger partial charge in [-0.2, -0.15) is 14.5 Å². The van der Waals surface area contributed by atoms with Crippen LogP contribution in [0.2, 0.25) is 0 Å². The molecule has 1 atom stereocenters. The number of nitrogens with two attached hydrogens (primary N) is 1. The maximum absolute atomic E-state index is 13.1. The molecule has 2 heterocycles. The van der Waals surface area contributed by atoms with Crippen LogP contribution in [0.15, 0.2) is 17.1 Å². The number of aromatic nitrogens is 3. The second-order valence-corrected chi connectivity index (χ2v) is 5.62. The zero-order valence-corrected chi connectivity index (χ0v) is 14.0. The van der Waals surface area contributed by atoms with Crippen LogP contribution < -0.4 is 11.1 Å². The van der Waals surface area contributed by atoms with Gasteiger partial charge in [-0.3, -0.25) is 14.9 Å². The summed E-state index contributed by atoms with van der Waals surface area (Å²) in [5, 5.41) is 9.78. The fraction of sp³-hybridized carbons (Fsp3) is 0.500. The van der Waals surface area contributed by atoms with Gasteiger partial charge in [0.05, 0.1) is 18.0 Å². The van der Waals surface area contributed by atoms with Crippen LogP contribution in [-0.4, -0.2) is 45.9 Å². The van der Waals surface area contributed by atoms with E-state index in [9.17, 15) is 9.18 Å². The van der Waals surface area contributed by atoms with Gasteiger partial charge in [0.1, 0.15) is 5.69 Å². The van der Waals surface area contributed by atoms with Crippen molar-refractivity contribution < 1.29 is 9.18 Å². The third-order valence-electron chi connectivity index (χ3n) is 4.21. The highest BCUT2D eigenvalue weighted by Crippen LogP contribution is 2.32. The molecule has 7 nitrogen and oxygen atoms in total. The van der Waals surface area contributed by atoms with Gasteiger partial charge in [0, 0.05) is 5.54 Å². The number of halogens is 1. The Morgan fingerprint density at radius 1 is 1.54 bits per heavy atom. The minimum atomic E-state index is -0.643. The summed E-state index contributed by atoms with van der Waals surface area (Å²) < 4.78 is 13.1. The van der Waals surface area contributed by atoms with Crippen molar-refractivity contribution in [3.8, 4) is 0 Å². The minimum absolute atomic E-state index is 0.162. The molecule has 0 saturated heterocycles. The van der Waals surface area contributed by atoms with E-state index < -0.39 is 11.5 Å². The van der Waals surface area contributed by atoms with E-state index in [1.54, 1.807) is 0 Å². The number of nitrogens with one attached hydrogen (secondary N) is 2. The Labute approximate surface area is 139 Å². The van der Waals surface area contributed by atoms with E-state index in [2.05, 4.69) is 32.2 Å². The van der Waals surface area contributed by atoms with Crippen molar-refractivity contribution in [2.75, 3.05) is 6.54 Å². The van der Waals surface area contributed by atoms with Crippen molar-refractivity contribution in [3.63, 3.8) is 0 Å². The van der Waals surface area contributed by atoms with Crippen molar-refractivity contribution in [1.82, 2.24) is 20.5 Å². The van der Waals surface area contributed by atoms with Crippen LogP contribution in [0.25, 0.3) is 11.0 Å². The Morgan fingerprint density at radius 2 is 2.25 bits per heavy atom. The van der Waals surface area contributed by atoms with Gasteiger partial charge in [0.25, 0.3) is 5.91 Å². The van der Waals surface area contributed by atoms with Crippen molar-refractivity contribution in [1.29, 1.82) is 0 Å². The summed E-state index contributed by atoms with van der Waals surface area (Å²) in [5.41, 5.74) is 6.23. The smallest absolute Gasteiger partial charge is 0.270 e. The van der Waals surface area contributed by atoms with Crippen LogP contribution in [0.1, 0.15) is 43.6 Å².